The molecule has 5 nitrogen and oxygen atoms in total. The molecule has 1 aliphatic heterocycles. The molecule has 0 saturated carbocycles. The Kier molecular flexibility index (Phi) is 2.68. The van der Waals surface area contributed by atoms with E-state index in [4.69, 9.17) is 0 Å². The molecule has 0 spiro atoms. The van der Waals surface area contributed by atoms with Crippen LogP contribution in [0.15, 0.2) is 30.5 Å². The number of aliphatic hydroxyl groups excluding tert-OH is 1. The Morgan fingerprint density at radius 3 is 3.10 bits per heavy atom. The molecule has 2 aromatic heterocycles. The molecule has 1 atom stereocenters. The van der Waals surface area contributed by atoms with Gasteiger partial charge in [0.15, 0.2) is 5.65 Å². The predicted octanol–water partition coefficient (Wildman–Crippen LogP) is 2.47. The van der Waals surface area contributed by atoms with Crippen molar-refractivity contribution in [1.29, 1.82) is 0 Å². The quantitative estimate of drug-likeness (QED) is 0.674. The number of fused-ring (bicyclic) bond motifs is 2. The van der Waals surface area contributed by atoms with Crippen molar-refractivity contribution >= 4 is 16.9 Å². The zero-order valence-electron chi connectivity index (χ0n) is 11.7. The van der Waals surface area contributed by atoms with Crippen LogP contribution in [0.5, 0.6) is 0 Å². The van der Waals surface area contributed by atoms with Crippen LogP contribution >= 0.6 is 0 Å². The summed E-state index contributed by atoms with van der Waals surface area (Å²) < 4.78 is 0. The molecule has 0 amide bonds. The van der Waals surface area contributed by atoms with Gasteiger partial charge in [-0.05, 0) is 25.0 Å². The Morgan fingerprint density at radius 1 is 1.33 bits per heavy atom. The summed E-state index contributed by atoms with van der Waals surface area (Å²) in [5, 5.41) is 13.0. The van der Waals surface area contributed by atoms with Gasteiger partial charge in [-0.3, -0.25) is 0 Å². The number of nitrogens with one attached hydrogen (secondary N) is 2. The van der Waals surface area contributed by atoms with Crippen molar-refractivity contribution in [3.05, 3.63) is 53.0 Å². The van der Waals surface area contributed by atoms with Crippen LogP contribution in [0.25, 0.3) is 11.2 Å². The monoisotopic (exact) mass is 280 g/mol. The maximum atomic E-state index is 9.47. The third-order valence-corrected chi connectivity index (χ3v) is 4.06. The van der Waals surface area contributed by atoms with E-state index < -0.39 is 0 Å². The van der Waals surface area contributed by atoms with Gasteiger partial charge in [-0.1, -0.05) is 18.2 Å². The number of aliphatic hydroxyl groups is 1. The Bertz CT molecular complexity index is 824. The third-order valence-electron chi connectivity index (χ3n) is 4.06. The van der Waals surface area contributed by atoms with Crippen LogP contribution in [0.4, 0.5) is 5.69 Å². The number of pyridine rings is 1. The highest BCUT2D eigenvalue weighted by molar-refractivity contribution is 5.77. The first-order chi connectivity index (χ1) is 10.3. The Labute approximate surface area is 122 Å². The van der Waals surface area contributed by atoms with E-state index in [0.717, 1.165) is 40.2 Å². The SMILES string of the molecule is Cc1nc2c(C3Cc4cccc(CO)c4N3)ccnc2[nH]1. The van der Waals surface area contributed by atoms with Gasteiger partial charge in [-0.15, -0.1) is 0 Å². The molecule has 21 heavy (non-hydrogen) atoms. The Balaban J connectivity index is 1.79. The first-order valence-electron chi connectivity index (χ1n) is 7.05. The van der Waals surface area contributed by atoms with Gasteiger partial charge in [-0.25, -0.2) is 9.97 Å². The fraction of sp³-hybridized carbons (Fsp3) is 0.250. The number of benzene rings is 1. The lowest BCUT2D eigenvalue weighted by molar-refractivity contribution is 0.282. The van der Waals surface area contributed by atoms with Crippen molar-refractivity contribution < 1.29 is 5.11 Å². The number of aryl methyl sites for hydroxylation is 1. The van der Waals surface area contributed by atoms with Gasteiger partial charge in [0, 0.05) is 23.0 Å². The number of aromatic amines is 1. The second-order valence-corrected chi connectivity index (χ2v) is 5.43. The van der Waals surface area contributed by atoms with Crippen LogP contribution in [0.2, 0.25) is 0 Å². The van der Waals surface area contributed by atoms with Crippen molar-refractivity contribution in [3.8, 4) is 0 Å². The molecule has 5 heteroatoms. The number of nitrogens with zero attached hydrogens (tertiary/aromatic N) is 2. The standard InChI is InChI=1S/C16H16N4O/c1-9-18-15-12(5-6-17-16(15)19-9)13-7-10-3-2-4-11(8-21)14(10)20-13/h2-6,13,20-21H,7-8H2,1H3,(H,17,18,19). The van der Waals surface area contributed by atoms with Gasteiger partial charge in [0.05, 0.1) is 12.6 Å². The molecule has 0 bridgehead atoms. The average Bonchev–Trinajstić information content (AvgIpc) is 3.08. The van der Waals surface area contributed by atoms with Gasteiger partial charge in [0.1, 0.15) is 11.3 Å². The number of anilines is 1. The zero-order chi connectivity index (χ0) is 14.4. The largest absolute Gasteiger partial charge is 0.392 e. The van der Waals surface area contributed by atoms with E-state index in [2.05, 4.69) is 26.3 Å². The van der Waals surface area contributed by atoms with Crippen molar-refractivity contribution in [2.24, 2.45) is 0 Å². The smallest absolute Gasteiger partial charge is 0.157 e. The normalized spacial score (nSPS) is 17.0. The number of rotatable bonds is 2. The highest BCUT2D eigenvalue weighted by Gasteiger charge is 2.26. The minimum Gasteiger partial charge on any atom is -0.392 e. The zero-order valence-corrected chi connectivity index (χ0v) is 11.7. The summed E-state index contributed by atoms with van der Waals surface area (Å²) >= 11 is 0. The van der Waals surface area contributed by atoms with Crippen LogP contribution < -0.4 is 5.32 Å². The number of hydrogen-bond donors (Lipinski definition) is 3. The van der Waals surface area contributed by atoms with E-state index >= 15 is 0 Å². The van der Waals surface area contributed by atoms with Crippen molar-refractivity contribution in [3.63, 3.8) is 0 Å². The maximum Gasteiger partial charge on any atom is 0.157 e. The van der Waals surface area contributed by atoms with Crippen molar-refractivity contribution in [2.45, 2.75) is 26.0 Å². The molecule has 0 saturated heterocycles. The molecule has 1 aliphatic rings. The molecule has 0 aliphatic carbocycles. The van der Waals surface area contributed by atoms with E-state index in [1.807, 2.05) is 31.3 Å². The van der Waals surface area contributed by atoms with Gasteiger partial charge in [0.25, 0.3) is 0 Å². The maximum absolute atomic E-state index is 9.47. The van der Waals surface area contributed by atoms with Crippen LogP contribution in [-0.4, -0.2) is 20.1 Å². The first kappa shape index (κ1) is 12.3. The lowest BCUT2D eigenvalue weighted by Crippen LogP contribution is -2.07. The number of imidazole rings is 1. The summed E-state index contributed by atoms with van der Waals surface area (Å²) in [7, 11) is 0. The molecule has 4 rings (SSSR count). The molecule has 3 heterocycles. The molecule has 1 unspecified atom stereocenters. The van der Waals surface area contributed by atoms with E-state index in [1.54, 1.807) is 0 Å². The van der Waals surface area contributed by atoms with Crippen LogP contribution in [0.1, 0.15) is 28.6 Å². The molecular formula is C16H16N4O. The fourth-order valence-corrected chi connectivity index (χ4v) is 3.10. The minimum absolute atomic E-state index is 0.0517. The summed E-state index contributed by atoms with van der Waals surface area (Å²) in [5.74, 6) is 0.872. The molecule has 0 fully saturated rings. The third kappa shape index (κ3) is 1.89. The van der Waals surface area contributed by atoms with Gasteiger partial charge < -0.3 is 15.4 Å². The van der Waals surface area contributed by atoms with Crippen molar-refractivity contribution in [1.82, 2.24) is 15.0 Å². The second kappa shape index (κ2) is 4.56. The molecule has 3 N–H and O–H groups in total. The lowest BCUT2D eigenvalue weighted by Gasteiger charge is -2.13. The summed E-state index contributed by atoms with van der Waals surface area (Å²) in [6, 6.07) is 8.24. The average molecular weight is 280 g/mol. The van der Waals surface area contributed by atoms with Crippen molar-refractivity contribution in [2.75, 3.05) is 5.32 Å². The second-order valence-electron chi connectivity index (χ2n) is 5.43. The number of hydrogen-bond acceptors (Lipinski definition) is 4. The Hall–Kier alpha value is -2.40. The Morgan fingerprint density at radius 2 is 2.24 bits per heavy atom. The topological polar surface area (TPSA) is 73.8 Å². The van der Waals surface area contributed by atoms with E-state index in [9.17, 15) is 5.11 Å². The van der Waals surface area contributed by atoms with E-state index in [1.165, 1.54) is 5.56 Å². The van der Waals surface area contributed by atoms with Crippen LogP contribution in [0, 0.1) is 6.92 Å². The highest BCUT2D eigenvalue weighted by atomic mass is 16.3. The highest BCUT2D eigenvalue weighted by Crippen LogP contribution is 2.38. The summed E-state index contributed by atoms with van der Waals surface area (Å²) in [5.41, 5.74) is 6.13. The van der Waals surface area contributed by atoms with Gasteiger partial charge in [-0.2, -0.15) is 0 Å². The molecule has 1 aromatic carbocycles. The van der Waals surface area contributed by atoms with Gasteiger partial charge >= 0.3 is 0 Å². The summed E-state index contributed by atoms with van der Waals surface area (Å²) in [4.78, 5) is 12.1. The lowest BCUT2D eigenvalue weighted by atomic mass is 10.0. The van der Waals surface area contributed by atoms with E-state index in [-0.39, 0.29) is 12.6 Å². The number of para-hydroxylation sites is 1. The molecule has 0 radical (unpaired) electrons. The van der Waals surface area contributed by atoms with Gasteiger partial charge in [0.2, 0.25) is 0 Å². The number of aromatic nitrogens is 3. The molecular weight excluding hydrogens is 264 g/mol. The summed E-state index contributed by atoms with van der Waals surface area (Å²) in [6.07, 6.45) is 2.71. The fourth-order valence-electron chi connectivity index (χ4n) is 3.10. The first-order valence-corrected chi connectivity index (χ1v) is 7.05. The van der Waals surface area contributed by atoms with Crippen LogP contribution in [0.3, 0.4) is 0 Å². The summed E-state index contributed by atoms with van der Waals surface area (Å²) in [6.45, 7) is 1.99. The van der Waals surface area contributed by atoms with Crippen LogP contribution in [-0.2, 0) is 13.0 Å². The minimum atomic E-state index is 0.0517. The molecule has 3 aromatic rings. The molecule has 106 valence electrons. The van der Waals surface area contributed by atoms with E-state index in [0.29, 0.717) is 0 Å². The number of H-pyrrole nitrogens is 1. The predicted molar refractivity (Wildman–Crippen MR) is 81.1 cm³/mol.